The van der Waals surface area contributed by atoms with Gasteiger partial charge in [0.05, 0.1) is 33.3 Å². The molecule has 8 nitrogen and oxygen atoms in total. The number of hydrogen-bond donors (Lipinski definition) is 1. The van der Waals surface area contributed by atoms with Crippen LogP contribution in [-0.2, 0) is 14.8 Å². The van der Waals surface area contributed by atoms with Crippen LogP contribution in [0.2, 0.25) is 0 Å². The third-order valence-corrected chi connectivity index (χ3v) is 8.77. The van der Waals surface area contributed by atoms with Gasteiger partial charge in [-0.3, -0.25) is 4.79 Å². The van der Waals surface area contributed by atoms with Gasteiger partial charge in [0.25, 0.3) is 0 Å². The Balaban J connectivity index is 1.23. The highest BCUT2D eigenvalue weighted by Gasteiger charge is 2.33. The molecule has 0 bridgehead atoms. The van der Waals surface area contributed by atoms with Gasteiger partial charge >= 0.3 is 0 Å². The van der Waals surface area contributed by atoms with E-state index >= 15 is 0 Å². The maximum Gasteiger partial charge on any atom is 0.243 e. The molecule has 1 amide bonds. The second-order valence-corrected chi connectivity index (χ2v) is 11.4. The van der Waals surface area contributed by atoms with Crippen LogP contribution in [0, 0.1) is 12.8 Å². The van der Waals surface area contributed by atoms with Gasteiger partial charge < -0.3 is 14.8 Å². The van der Waals surface area contributed by atoms with Crippen molar-refractivity contribution in [1.29, 1.82) is 0 Å². The minimum absolute atomic E-state index is 0.0804. The first-order chi connectivity index (χ1) is 15.9. The van der Waals surface area contributed by atoms with Crippen molar-refractivity contribution in [2.75, 3.05) is 31.6 Å². The first-order valence-corrected chi connectivity index (χ1v) is 13.2. The van der Waals surface area contributed by atoms with E-state index in [9.17, 15) is 13.2 Å². The molecule has 0 aliphatic carbocycles. The fraction of sp³-hybridized carbons (Fsp3) is 0.391. The number of carbonyl (C=O) groups is 1. The Hall–Kier alpha value is -2.69. The molecule has 2 aliphatic rings. The van der Waals surface area contributed by atoms with E-state index in [-0.39, 0.29) is 16.7 Å². The van der Waals surface area contributed by atoms with Crippen molar-refractivity contribution in [3.63, 3.8) is 0 Å². The predicted molar refractivity (Wildman–Crippen MR) is 127 cm³/mol. The number of thiazole rings is 1. The predicted octanol–water partition coefficient (Wildman–Crippen LogP) is 3.81. The Morgan fingerprint density at radius 2 is 1.85 bits per heavy atom. The number of nitrogens with one attached hydrogen (secondary N) is 1. The van der Waals surface area contributed by atoms with E-state index in [4.69, 9.17) is 9.47 Å². The Bertz CT molecular complexity index is 1300. The highest BCUT2D eigenvalue weighted by atomic mass is 32.2. The lowest BCUT2D eigenvalue weighted by Crippen LogP contribution is -2.41. The molecule has 3 heterocycles. The first kappa shape index (κ1) is 22.1. The van der Waals surface area contributed by atoms with Gasteiger partial charge in [0, 0.05) is 37.2 Å². The number of aryl methyl sites for hydroxylation is 1. The fourth-order valence-electron chi connectivity index (χ4n) is 4.17. The molecule has 3 aromatic rings. The maximum absolute atomic E-state index is 13.2. The van der Waals surface area contributed by atoms with Gasteiger partial charge in [0.2, 0.25) is 15.9 Å². The molecule has 10 heteroatoms. The molecule has 174 valence electrons. The molecule has 1 N–H and O–H groups in total. The molecule has 33 heavy (non-hydrogen) atoms. The number of fused-ring (bicyclic) bond motifs is 2. The minimum Gasteiger partial charge on any atom is -0.490 e. The summed E-state index contributed by atoms with van der Waals surface area (Å²) in [7, 11) is -3.68. The van der Waals surface area contributed by atoms with E-state index in [0.29, 0.717) is 50.6 Å². The summed E-state index contributed by atoms with van der Waals surface area (Å²) < 4.78 is 40.1. The topological polar surface area (TPSA) is 97.8 Å². The smallest absolute Gasteiger partial charge is 0.243 e. The summed E-state index contributed by atoms with van der Waals surface area (Å²) in [5, 5.41) is 3.96. The average molecular weight is 488 g/mol. The molecule has 1 aromatic heterocycles. The molecule has 0 spiro atoms. The quantitative estimate of drug-likeness (QED) is 0.601. The summed E-state index contributed by atoms with van der Waals surface area (Å²) in [5.41, 5.74) is 1.65. The number of aromatic nitrogens is 1. The summed E-state index contributed by atoms with van der Waals surface area (Å²) in [6.07, 6.45) is 1.69. The van der Waals surface area contributed by atoms with Gasteiger partial charge in [-0.05, 0) is 50.1 Å². The van der Waals surface area contributed by atoms with Crippen molar-refractivity contribution in [3.8, 4) is 11.5 Å². The molecule has 2 aliphatic heterocycles. The summed E-state index contributed by atoms with van der Waals surface area (Å²) in [6, 6.07) is 10.4. The second-order valence-electron chi connectivity index (χ2n) is 8.24. The normalized spacial score (nSPS) is 17.6. The highest BCUT2D eigenvalue weighted by Crippen LogP contribution is 2.34. The zero-order chi connectivity index (χ0) is 23.0. The zero-order valence-electron chi connectivity index (χ0n) is 18.2. The Morgan fingerprint density at radius 1 is 1.09 bits per heavy atom. The molecule has 0 atom stereocenters. The number of amides is 1. The van der Waals surface area contributed by atoms with Crippen LogP contribution in [0.15, 0.2) is 41.3 Å². The lowest BCUT2D eigenvalue weighted by Gasteiger charge is -2.30. The number of rotatable bonds is 4. The number of benzene rings is 2. The Morgan fingerprint density at radius 3 is 2.64 bits per heavy atom. The number of ether oxygens (including phenoxy) is 2. The first-order valence-electron chi connectivity index (χ1n) is 11.0. The van der Waals surface area contributed by atoms with Crippen molar-refractivity contribution >= 4 is 43.2 Å². The Labute approximate surface area is 196 Å². The van der Waals surface area contributed by atoms with Crippen LogP contribution >= 0.6 is 11.3 Å². The van der Waals surface area contributed by atoms with Crippen LogP contribution in [-0.4, -0.2) is 49.9 Å². The number of anilines is 1. The molecule has 5 rings (SSSR count). The number of nitrogens with zero attached hydrogens (tertiary/aromatic N) is 2. The van der Waals surface area contributed by atoms with E-state index in [2.05, 4.69) is 10.3 Å². The van der Waals surface area contributed by atoms with Crippen LogP contribution < -0.4 is 14.8 Å². The van der Waals surface area contributed by atoms with Gasteiger partial charge in [-0.2, -0.15) is 4.31 Å². The van der Waals surface area contributed by atoms with Crippen molar-refractivity contribution in [2.24, 2.45) is 5.92 Å². The van der Waals surface area contributed by atoms with Crippen molar-refractivity contribution in [3.05, 3.63) is 41.4 Å². The van der Waals surface area contributed by atoms with Crippen molar-refractivity contribution < 1.29 is 22.7 Å². The molecular weight excluding hydrogens is 462 g/mol. The SMILES string of the molecule is Cc1nc2ccc(NC(=O)C3CCN(S(=O)(=O)c4ccc5c(c4)OCCCO5)CC3)cc2s1. The van der Waals surface area contributed by atoms with Gasteiger partial charge in [-0.1, -0.05) is 0 Å². The standard InChI is InChI=1S/C23H25N3O5S2/c1-15-24-19-5-3-17(13-22(19)32-15)25-23(27)16-7-9-26(10-8-16)33(28,29)18-4-6-20-21(14-18)31-12-2-11-30-20/h3-6,13-14,16H,2,7-12H2,1H3,(H,25,27). The maximum atomic E-state index is 13.2. The van der Waals surface area contributed by atoms with Crippen LogP contribution in [0.25, 0.3) is 10.2 Å². The molecular formula is C23H25N3O5S2. The molecule has 1 fully saturated rings. The fourth-order valence-corrected chi connectivity index (χ4v) is 6.53. The van der Waals surface area contributed by atoms with E-state index in [1.54, 1.807) is 23.5 Å². The molecule has 1 saturated heterocycles. The summed E-state index contributed by atoms with van der Waals surface area (Å²) >= 11 is 1.59. The minimum atomic E-state index is -3.68. The van der Waals surface area contributed by atoms with E-state index in [1.807, 2.05) is 25.1 Å². The summed E-state index contributed by atoms with van der Waals surface area (Å²) in [4.78, 5) is 17.4. The van der Waals surface area contributed by atoms with Crippen LogP contribution in [0.3, 0.4) is 0 Å². The van der Waals surface area contributed by atoms with Crippen molar-refractivity contribution in [1.82, 2.24) is 9.29 Å². The lowest BCUT2D eigenvalue weighted by atomic mass is 9.97. The zero-order valence-corrected chi connectivity index (χ0v) is 19.9. The lowest BCUT2D eigenvalue weighted by molar-refractivity contribution is -0.120. The molecule has 0 unspecified atom stereocenters. The third-order valence-electron chi connectivity index (χ3n) is 5.94. The van der Waals surface area contributed by atoms with E-state index in [1.165, 1.54) is 10.4 Å². The van der Waals surface area contributed by atoms with E-state index in [0.717, 1.165) is 27.3 Å². The van der Waals surface area contributed by atoms with Gasteiger partial charge in [0.1, 0.15) is 0 Å². The Kier molecular flexibility index (Phi) is 5.98. The van der Waals surface area contributed by atoms with Crippen molar-refractivity contribution in [2.45, 2.75) is 31.1 Å². The largest absolute Gasteiger partial charge is 0.490 e. The van der Waals surface area contributed by atoms with Crippen LogP contribution in [0.5, 0.6) is 11.5 Å². The average Bonchev–Trinajstić information content (AvgIpc) is 3.02. The molecule has 0 radical (unpaired) electrons. The monoisotopic (exact) mass is 487 g/mol. The summed E-state index contributed by atoms with van der Waals surface area (Å²) in [5.74, 6) is 0.701. The van der Waals surface area contributed by atoms with Gasteiger partial charge in [0.15, 0.2) is 11.5 Å². The number of carbonyl (C=O) groups excluding carboxylic acids is 1. The molecule has 0 saturated carbocycles. The third kappa shape index (κ3) is 4.55. The highest BCUT2D eigenvalue weighted by molar-refractivity contribution is 7.89. The van der Waals surface area contributed by atoms with Crippen LogP contribution in [0.4, 0.5) is 5.69 Å². The van der Waals surface area contributed by atoms with Gasteiger partial charge in [-0.15, -0.1) is 11.3 Å². The second kappa shape index (κ2) is 8.92. The van der Waals surface area contributed by atoms with Crippen LogP contribution in [0.1, 0.15) is 24.3 Å². The number of piperidine rings is 1. The van der Waals surface area contributed by atoms with Gasteiger partial charge in [-0.25, -0.2) is 13.4 Å². The number of hydrogen-bond acceptors (Lipinski definition) is 7. The molecule has 2 aromatic carbocycles. The van der Waals surface area contributed by atoms with E-state index < -0.39 is 10.0 Å². The summed E-state index contributed by atoms with van der Waals surface area (Å²) in [6.45, 7) is 3.58. The number of sulfonamides is 1.